The summed E-state index contributed by atoms with van der Waals surface area (Å²) in [6.07, 6.45) is 0. The fourth-order valence-electron chi connectivity index (χ4n) is 1.12. The third-order valence-electron chi connectivity index (χ3n) is 2.33. The molecule has 1 rings (SSSR count). The summed E-state index contributed by atoms with van der Waals surface area (Å²) in [5.41, 5.74) is 0.611. The van der Waals surface area contributed by atoms with Gasteiger partial charge in [-0.3, -0.25) is 0 Å². The molecule has 0 aliphatic rings. The summed E-state index contributed by atoms with van der Waals surface area (Å²) in [6, 6.07) is 7.37. The van der Waals surface area contributed by atoms with Gasteiger partial charge in [0, 0.05) is 10.1 Å². The topological polar surface area (TPSA) is 29.5 Å². The van der Waals surface area contributed by atoms with Crippen molar-refractivity contribution in [2.24, 2.45) is 0 Å². The van der Waals surface area contributed by atoms with E-state index in [1.54, 1.807) is 12.1 Å². The fraction of sp³-hybridized carbons (Fsp3) is 0.417. The first kappa shape index (κ1) is 13.4. The third kappa shape index (κ3) is 4.49. The number of likely N-dealkylation sites (N-methyl/N-ethyl adjacent to an activating group) is 1. The van der Waals surface area contributed by atoms with Gasteiger partial charge >= 0.3 is 5.97 Å². The minimum absolute atomic E-state index is 0.249. The third-order valence-corrected chi connectivity index (χ3v) is 3.05. The van der Waals surface area contributed by atoms with Crippen LogP contribution in [0.25, 0.3) is 0 Å². The smallest absolute Gasteiger partial charge is 0.338 e. The van der Waals surface area contributed by atoms with Gasteiger partial charge in [0.15, 0.2) is 0 Å². The van der Waals surface area contributed by atoms with Crippen LogP contribution in [0.3, 0.4) is 0 Å². The van der Waals surface area contributed by atoms with Crippen LogP contribution in [-0.4, -0.2) is 37.6 Å². The molecule has 0 saturated carbocycles. The van der Waals surface area contributed by atoms with E-state index in [1.165, 1.54) is 0 Å². The highest BCUT2D eigenvalue weighted by Crippen LogP contribution is 2.07. The Morgan fingerprint density at radius 3 is 2.56 bits per heavy atom. The highest BCUT2D eigenvalue weighted by atomic mass is 127. The standard InChI is InChI=1S/C12H16INO2/c1-3-14(2)8-9-16-12(15)10-4-6-11(13)7-5-10/h4-7H,3,8-9H2,1-2H3. The first-order chi connectivity index (χ1) is 7.63. The molecular formula is C12H16INO2. The van der Waals surface area contributed by atoms with Crippen LogP contribution in [0.2, 0.25) is 0 Å². The van der Waals surface area contributed by atoms with Gasteiger partial charge in [-0.2, -0.15) is 0 Å². The van der Waals surface area contributed by atoms with Crippen molar-refractivity contribution in [3.05, 3.63) is 33.4 Å². The molecule has 0 aromatic heterocycles. The minimum atomic E-state index is -0.249. The number of nitrogens with zero attached hydrogens (tertiary/aromatic N) is 1. The summed E-state index contributed by atoms with van der Waals surface area (Å²) in [5.74, 6) is -0.249. The number of hydrogen-bond acceptors (Lipinski definition) is 3. The molecule has 0 fully saturated rings. The molecule has 0 radical (unpaired) electrons. The van der Waals surface area contributed by atoms with E-state index in [1.807, 2.05) is 19.2 Å². The van der Waals surface area contributed by atoms with Crippen molar-refractivity contribution >= 4 is 28.6 Å². The monoisotopic (exact) mass is 333 g/mol. The van der Waals surface area contributed by atoms with Gasteiger partial charge in [-0.05, 0) is 60.4 Å². The maximum atomic E-state index is 11.6. The van der Waals surface area contributed by atoms with Crippen LogP contribution in [0.5, 0.6) is 0 Å². The Bertz CT molecular complexity index is 337. The van der Waals surface area contributed by atoms with Crippen LogP contribution in [0.4, 0.5) is 0 Å². The van der Waals surface area contributed by atoms with Crippen molar-refractivity contribution in [2.75, 3.05) is 26.7 Å². The van der Waals surface area contributed by atoms with E-state index in [2.05, 4.69) is 34.4 Å². The predicted octanol–water partition coefficient (Wildman–Crippen LogP) is 2.40. The molecule has 4 heteroatoms. The highest BCUT2D eigenvalue weighted by Gasteiger charge is 2.06. The average Bonchev–Trinajstić information content (AvgIpc) is 2.29. The molecule has 0 spiro atoms. The lowest BCUT2D eigenvalue weighted by Crippen LogP contribution is -2.23. The SMILES string of the molecule is CCN(C)CCOC(=O)c1ccc(I)cc1. The number of hydrogen-bond donors (Lipinski definition) is 0. The van der Waals surface area contributed by atoms with Gasteiger partial charge in [0.2, 0.25) is 0 Å². The Morgan fingerprint density at radius 2 is 2.00 bits per heavy atom. The van der Waals surface area contributed by atoms with Gasteiger partial charge in [0.25, 0.3) is 0 Å². The molecule has 0 heterocycles. The number of rotatable bonds is 5. The average molecular weight is 333 g/mol. The van der Waals surface area contributed by atoms with Crippen LogP contribution in [0.15, 0.2) is 24.3 Å². The maximum absolute atomic E-state index is 11.6. The molecule has 0 atom stereocenters. The molecule has 0 saturated heterocycles. The van der Waals surface area contributed by atoms with Gasteiger partial charge in [-0.15, -0.1) is 0 Å². The minimum Gasteiger partial charge on any atom is -0.461 e. The second-order valence-electron chi connectivity index (χ2n) is 3.54. The van der Waals surface area contributed by atoms with Gasteiger partial charge in [-0.1, -0.05) is 6.92 Å². The van der Waals surface area contributed by atoms with Crippen molar-refractivity contribution in [3.63, 3.8) is 0 Å². The van der Waals surface area contributed by atoms with Crippen LogP contribution < -0.4 is 0 Å². The first-order valence-electron chi connectivity index (χ1n) is 5.24. The van der Waals surface area contributed by atoms with Crippen molar-refractivity contribution in [3.8, 4) is 0 Å². The van der Waals surface area contributed by atoms with E-state index in [9.17, 15) is 4.79 Å². The second-order valence-corrected chi connectivity index (χ2v) is 4.78. The Kier molecular flexibility index (Phi) is 5.76. The molecule has 88 valence electrons. The molecule has 0 aliphatic heterocycles. The summed E-state index contributed by atoms with van der Waals surface area (Å²) in [4.78, 5) is 13.7. The number of carbonyl (C=O) groups excluding carboxylic acids is 1. The molecular weight excluding hydrogens is 317 g/mol. The summed E-state index contributed by atoms with van der Waals surface area (Å²) in [6.45, 7) is 4.24. The summed E-state index contributed by atoms with van der Waals surface area (Å²) >= 11 is 2.20. The zero-order chi connectivity index (χ0) is 12.0. The molecule has 0 aliphatic carbocycles. The van der Waals surface area contributed by atoms with Gasteiger partial charge in [0.05, 0.1) is 5.56 Å². The van der Waals surface area contributed by atoms with Crippen molar-refractivity contribution < 1.29 is 9.53 Å². The number of ether oxygens (including phenoxy) is 1. The molecule has 0 bridgehead atoms. The van der Waals surface area contributed by atoms with Crippen LogP contribution in [-0.2, 0) is 4.74 Å². The molecule has 0 N–H and O–H groups in total. The van der Waals surface area contributed by atoms with Crippen molar-refractivity contribution in [2.45, 2.75) is 6.92 Å². The van der Waals surface area contributed by atoms with E-state index in [0.717, 1.165) is 16.7 Å². The summed E-state index contributed by atoms with van der Waals surface area (Å²) < 4.78 is 6.27. The zero-order valence-corrected chi connectivity index (χ0v) is 11.7. The lowest BCUT2D eigenvalue weighted by atomic mass is 10.2. The fourth-order valence-corrected chi connectivity index (χ4v) is 1.48. The maximum Gasteiger partial charge on any atom is 0.338 e. The van der Waals surface area contributed by atoms with Gasteiger partial charge in [0.1, 0.15) is 6.61 Å². The number of esters is 1. The Labute approximate surface area is 110 Å². The van der Waals surface area contributed by atoms with Crippen LogP contribution in [0.1, 0.15) is 17.3 Å². The largest absolute Gasteiger partial charge is 0.461 e. The lowest BCUT2D eigenvalue weighted by Gasteiger charge is -2.13. The van der Waals surface area contributed by atoms with Gasteiger partial charge < -0.3 is 9.64 Å². The Hall–Kier alpha value is -0.620. The summed E-state index contributed by atoms with van der Waals surface area (Å²) in [5, 5.41) is 0. The quantitative estimate of drug-likeness (QED) is 0.612. The molecule has 0 amide bonds. The van der Waals surface area contributed by atoms with Crippen molar-refractivity contribution in [1.82, 2.24) is 4.90 Å². The number of benzene rings is 1. The molecule has 1 aromatic carbocycles. The van der Waals surface area contributed by atoms with E-state index in [0.29, 0.717) is 12.2 Å². The molecule has 16 heavy (non-hydrogen) atoms. The lowest BCUT2D eigenvalue weighted by molar-refractivity contribution is 0.0475. The van der Waals surface area contributed by atoms with E-state index in [4.69, 9.17) is 4.74 Å². The van der Waals surface area contributed by atoms with Crippen molar-refractivity contribution in [1.29, 1.82) is 0 Å². The van der Waals surface area contributed by atoms with E-state index < -0.39 is 0 Å². The van der Waals surface area contributed by atoms with Crippen LogP contribution in [0, 0.1) is 3.57 Å². The molecule has 3 nitrogen and oxygen atoms in total. The zero-order valence-electron chi connectivity index (χ0n) is 9.57. The van der Waals surface area contributed by atoms with E-state index in [-0.39, 0.29) is 5.97 Å². The normalized spacial score (nSPS) is 10.5. The first-order valence-corrected chi connectivity index (χ1v) is 6.32. The molecule has 0 unspecified atom stereocenters. The number of carbonyl (C=O) groups is 1. The summed E-state index contributed by atoms with van der Waals surface area (Å²) in [7, 11) is 2.00. The predicted molar refractivity (Wildman–Crippen MR) is 72.6 cm³/mol. The Balaban J connectivity index is 2.38. The highest BCUT2D eigenvalue weighted by molar-refractivity contribution is 14.1. The molecule has 1 aromatic rings. The van der Waals surface area contributed by atoms with E-state index >= 15 is 0 Å². The van der Waals surface area contributed by atoms with Crippen LogP contribution >= 0.6 is 22.6 Å². The Morgan fingerprint density at radius 1 is 1.38 bits per heavy atom. The van der Waals surface area contributed by atoms with Gasteiger partial charge in [-0.25, -0.2) is 4.79 Å². The second kappa shape index (κ2) is 6.85. The number of halogens is 1.